The van der Waals surface area contributed by atoms with Crippen LogP contribution in [0.25, 0.3) is 5.69 Å². The van der Waals surface area contributed by atoms with Crippen molar-refractivity contribution < 1.29 is 13.6 Å². The predicted octanol–water partition coefficient (Wildman–Crippen LogP) is 4.37. The van der Waals surface area contributed by atoms with Crippen LogP contribution in [0.5, 0.6) is 0 Å². The van der Waals surface area contributed by atoms with Gasteiger partial charge in [-0.3, -0.25) is 9.48 Å². The van der Waals surface area contributed by atoms with Gasteiger partial charge in [-0.05, 0) is 55.7 Å². The lowest BCUT2D eigenvalue weighted by molar-refractivity contribution is -0.122. The summed E-state index contributed by atoms with van der Waals surface area (Å²) < 4.78 is 29.4. The third-order valence-corrected chi connectivity index (χ3v) is 5.02. The van der Waals surface area contributed by atoms with Crippen molar-refractivity contribution in [3.05, 3.63) is 71.8 Å². The Bertz CT molecular complexity index is 943. The molecule has 3 aromatic rings. The van der Waals surface area contributed by atoms with Gasteiger partial charge in [0.1, 0.15) is 12.2 Å². The summed E-state index contributed by atoms with van der Waals surface area (Å²) in [6, 6.07) is 13.1. The number of alkyl halides is 2. The van der Waals surface area contributed by atoms with Crippen LogP contribution in [0, 0.1) is 0 Å². The Balaban J connectivity index is 1.41. The van der Waals surface area contributed by atoms with E-state index in [0.717, 1.165) is 29.8 Å². The van der Waals surface area contributed by atoms with E-state index >= 15 is 0 Å². The number of nitrogens with one attached hydrogen (secondary N) is 1. The third kappa shape index (κ3) is 3.98. The van der Waals surface area contributed by atoms with E-state index in [9.17, 15) is 13.6 Å². The van der Waals surface area contributed by atoms with Crippen LogP contribution in [0.15, 0.2) is 54.9 Å². The number of amides is 1. The van der Waals surface area contributed by atoms with Gasteiger partial charge in [0.15, 0.2) is 0 Å². The van der Waals surface area contributed by atoms with Gasteiger partial charge < -0.3 is 9.88 Å². The van der Waals surface area contributed by atoms with E-state index in [4.69, 9.17) is 0 Å². The first-order valence-corrected chi connectivity index (χ1v) is 9.39. The Morgan fingerprint density at radius 3 is 2.50 bits per heavy atom. The summed E-state index contributed by atoms with van der Waals surface area (Å²) in [4.78, 5) is 12.5. The summed E-state index contributed by atoms with van der Waals surface area (Å²) in [5, 5.41) is 6.86. The second kappa shape index (κ2) is 7.58. The standard InChI is InChI=1S/C21H22F2N4O/c1-14(15-6-8-17(9-7-15)26-10-2-3-11-26)24-20(28)13-27-19(16-4-5-16)12-18(25-27)21(22)23/h2-3,6-12,14,16,21H,4-5,13H2,1H3,(H,24,28). The highest BCUT2D eigenvalue weighted by Gasteiger charge is 2.30. The van der Waals surface area contributed by atoms with Crippen molar-refractivity contribution >= 4 is 5.91 Å². The molecule has 28 heavy (non-hydrogen) atoms. The van der Waals surface area contributed by atoms with Crippen LogP contribution in [-0.2, 0) is 11.3 Å². The fourth-order valence-corrected chi connectivity index (χ4v) is 3.34. The Labute approximate surface area is 162 Å². The Kier molecular flexibility index (Phi) is 4.98. The summed E-state index contributed by atoms with van der Waals surface area (Å²) in [7, 11) is 0. The number of hydrogen-bond donors (Lipinski definition) is 1. The van der Waals surface area contributed by atoms with Gasteiger partial charge in [0.2, 0.25) is 5.91 Å². The number of carbonyl (C=O) groups is 1. The zero-order chi connectivity index (χ0) is 19.7. The minimum absolute atomic E-state index is 0.0512. The second-order valence-electron chi connectivity index (χ2n) is 7.20. The smallest absolute Gasteiger partial charge is 0.282 e. The molecule has 0 bridgehead atoms. The van der Waals surface area contributed by atoms with Crippen molar-refractivity contribution in [2.45, 2.75) is 44.7 Å². The predicted molar refractivity (Wildman–Crippen MR) is 101 cm³/mol. The minimum atomic E-state index is -2.63. The van der Waals surface area contributed by atoms with Crippen LogP contribution < -0.4 is 5.32 Å². The van der Waals surface area contributed by atoms with Crippen molar-refractivity contribution in [1.29, 1.82) is 0 Å². The first-order valence-electron chi connectivity index (χ1n) is 9.39. The lowest BCUT2D eigenvalue weighted by Gasteiger charge is -2.16. The number of nitrogens with zero attached hydrogens (tertiary/aromatic N) is 3. The van der Waals surface area contributed by atoms with Gasteiger partial charge >= 0.3 is 0 Å². The molecule has 1 atom stereocenters. The molecule has 5 nitrogen and oxygen atoms in total. The highest BCUT2D eigenvalue weighted by molar-refractivity contribution is 5.76. The average Bonchev–Trinajstić information content (AvgIpc) is 3.20. The molecule has 7 heteroatoms. The van der Waals surface area contributed by atoms with Crippen molar-refractivity contribution in [2.24, 2.45) is 0 Å². The molecule has 1 unspecified atom stereocenters. The largest absolute Gasteiger partial charge is 0.348 e. The lowest BCUT2D eigenvalue weighted by atomic mass is 10.1. The second-order valence-corrected chi connectivity index (χ2v) is 7.20. The Hall–Kier alpha value is -2.96. The molecule has 1 amide bonds. The van der Waals surface area contributed by atoms with E-state index in [2.05, 4.69) is 10.4 Å². The number of carbonyl (C=O) groups excluding carboxylic acids is 1. The summed E-state index contributed by atoms with van der Waals surface area (Å²) in [6.07, 6.45) is 3.23. The number of hydrogen-bond acceptors (Lipinski definition) is 2. The van der Waals surface area contributed by atoms with E-state index in [1.165, 1.54) is 10.7 Å². The molecule has 0 aliphatic heterocycles. The number of halogens is 2. The number of aromatic nitrogens is 3. The van der Waals surface area contributed by atoms with Crippen LogP contribution in [0.2, 0.25) is 0 Å². The molecule has 1 aliphatic rings. The van der Waals surface area contributed by atoms with Crippen molar-refractivity contribution in [1.82, 2.24) is 19.7 Å². The molecule has 0 spiro atoms. The molecule has 1 aliphatic carbocycles. The van der Waals surface area contributed by atoms with E-state index in [1.807, 2.05) is 60.3 Å². The zero-order valence-electron chi connectivity index (χ0n) is 15.6. The summed E-state index contributed by atoms with van der Waals surface area (Å²) >= 11 is 0. The average molecular weight is 384 g/mol. The van der Waals surface area contributed by atoms with Gasteiger partial charge in [-0.15, -0.1) is 0 Å². The van der Waals surface area contributed by atoms with Gasteiger partial charge in [-0.1, -0.05) is 12.1 Å². The fourth-order valence-electron chi connectivity index (χ4n) is 3.34. The molecule has 146 valence electrons. The fraction of sp³-hybridized carbons (Fsp3) is 0.333. The molecule has 2 aromatic heterocycles. The van der Waals surface area contributed by atoms with Gasteiger partial charge in [-0.25, -0.2) is 8.78 Å². The van der Waals surface area contributed by atoms with Crippen molar-refractivity contribution in [3.8, 4) is 5.69 Å². The minimum Gasteiger partial charge on any atom is -0.348 e. The first-order chi connectivity index (χ1) is 13.5. The van der Waals surface area contributed by atoms with Gasteiger partial charge in [-0.2, -0.15) is 5.10 Å². The molecular weight excluding hydrogens is 362 g/mol. The van der Waals surface area contributed by atoms with Crippen LogP contribution >= 0.6 is 0 Å². The number of rotatable bonds is 7. The Morgan fingerprint density at radius 2 is 1.89 bits per heavy atom. The molecule has 1 saturated carbocycles. The lowest BCUT2D eigenvalue weighted by Crippen LogP contribution is -2.31. The molecule has 1 fully saturated rings. The van der Waals surface area contributed by atoms with Crippen LogP contribution in [0.4, 0.5) is 8.78 Å². The number of benzene rings is 1. The third-order valence-electron chi connectivity index (χ3n) is 5.02. The maximum atomic E-state index is 13.0. The van der Waals surface area contributed by atoms with E-state index in [0.29, 0.717) is 0 Å². The SMILES string of the molecule is CC(NC(=O)Cn1nc(C(F)F)cc1C1CC1)c1ccc(-n2cccc2)cc1. The van der Waals surface area contributed by atoms with E-state index in [1.54, 1.807) is 0 Å². The highest BCUT2D eigenvalue weighted by Crippen LogP contribution is 2.41. The summed E-state index contributed by atoms with van der Waals surface area (Å²) in [5.74, 6) is -0.000688. The maximum Gasteiger partial charge on any atom is 0.282 e. The Morgan fingerprint density at radius 1 is 1.21 bits per heavy atom. The molecule has 4 rings (SSSR count). The molecule has 1 N–H and O–H groups in total. The molecule has 1 aromatic carbocycles. The van der Waals surface area contributed by atoms with E-state index < -0.39 is 6.43 Å². The first kappa shape index (κ1) is 18.4. The molecule has 2 heterocycles. The summed E-state index contributed by atoms with van der Waals surface area (Å²) in [5.41, 5.74) is 2.48. The van der Waals surface area contributed by atoms with Crippen LogP contribution in [0.1, 0.15) is 55.1 Å². The monoisotopic (exact) mass is 384 g/mol. The molecular formula is C21H22F2N4O. The summed E-state index contributed by atoms with van der Waals surface area (Å²) in [6.45, 7) is 1.85. The topological polar surface area (TPSA) is 51.9 Å². The van der Waals surface area contributed by atoms with Crippen LogP contribution in [0.3, 0.4) is 0 Å². The van der Waals surface area contributed by atoms with Gasteiger partial charge in [0.05, 0.1) is 6.04 Å². The highest BCUT2D eigenvalue weighted by atomic mass is 19.3. The van der Waals surface area contributed by atoms with Crippen molar-refractivity contribution in [3.63, 3.8) is 0 Å². The molecule has 0 radical (unpaired) electrons. The van der Waals surface area contributed by atoms with Crippen molar-refractivity contribution in [2.75, 3.05) is 0 Å². The normalized spacial score (nSPS) is 15.0. The maximum absolute atomic E-state index is 13.0. The van der Waals surface area contributed by atoms with Gasteiger partial charge in [0, 0.05) is 29.7 Å². The molecule has 0 saturated heterocycles. The zero-order valence-corrected chi connectivity index (χ0v) is 15.6. The van der Waals surface area contributed by atoms with Gasteiger partial charge in [0.25, 0.3) is 6.43 Å². The quantitative estimate of drug-likeness (QED) is 0.658. The van der Waals surface area contributed by atoms with Crippen LogP contribution in [-0.4, -0.2) is 20.3 Å². The van der Waals surface area contributed by atoms with E-state index in [-0.39, 0.29) is 30.1 Å².